The Hall–Kier alpha value is -1.55. The van der Waals surface area contributed by atoms with Crippen LogP contribution in [-0.2, 0) is 6.54 Å². The van der Waals surface area contributed by atoms with Gasteiger partial charge < -0.3 is 15.6 Å². The Kier molecular flexibility index (Phi) is 2.73. The molecule has 1 aliphatic rings. The normalized spacial score (nSPS) is 17.6. The minimum absolute atomic E-state index is 0.787. The predicted octanol–water partition coefficient (Wildman–Crippen LogP) is 0.714. The first-order valence-electron chi connectivity index (χ1n) is 6.38. The SMILES string of the molecule is Nc1cc(C[NH+]2CCCCC2)cc2[nH]cnc12. The zero-order chi connectivity index (χ0) is 11.7. The third-order valence-corrected chi connectivity index (χ3v) is 3.63. The first-order valence-corrected chi connectivity index (χ1v) is 6.38. The van der Waals surface area contributed by atoms with E-state index >= 15 is 0 Å². The molecule has 0 bridgehead atoms. The molecule has 0 amide bonds. The van der Waals surface area contributed by atoms with Crippen molar-refractivity contribution in [1.29, 1.82) is 0 Å². The first-order chi connectivity index (χ1) is 8.33. The number of nitrogens with zero attached hydrogens (tertiary/aromatic N) is 1. The highest BCUT2D eigenvalue weighted by Gasteiger charge is 2.14. The van der Waals surface area contributed by atoms with E-state index < -0.39 is 0 Å². The second-order valence-electron chi connectivity index (χ2n) is 4.97. The molecule has 4 nitrogen and oxygen atoms in total. The lowest BCUT2D eigenvalue weighted by atomic mass is 10.1. The number of H-pyrrole nitrogens is 1. The fourth-order valence-electron chi connectivity index (χ4n) is 2.76. The molecule has 0 atom stereocenters. The smallest absolute Gasteiger partial charge is 0.111 e. The molecule has 1 fully saturated rings. The highest BCUT2D eigenvalue weighted by atomic mass is 15.1. The van der Waals surface area contributed by atoms with Crippen LogP contribution in [0.2, 0.25) is 0 Å². The maximum Gasteiger partial charge on any atom is 0.111 e. The second kappa shape index (κ2) is 4.37. The number of hydrogen-bond donors (Lipinski definition) is 3. The third kappa shape index (κ3) is 2.13. The number of rotatable bonds is 2. The van der Waals surface area contributed by atoms with Gasteiger partial charge in [-0.05, 0) is 31.4 Å². The number of likely N-dealkylation sites (tertiary alicyclic amines) is 1. The van der Waals surface area contributed by atoms with Crippen molar-refractivity contribution in [3.8, 4) is 0 Å². The molecule has 1 aromatic heterocycles. The number of fused-ring (bicyclic) bond motifs is 1. The summed E-state index contributed by atoms with van der Waals surface area (Å²) in [6, 6.07) is 4.26. The molecule has 4 N–H and O–H groups in total. The van der Waals surface area contributed by atoms with Crippen LogP contribution in [0, 0.1) is 0 Å². The van der Waals surface area contributed by atoms with Crippen molar-refractivity contribution in [1.82, 2.24) is 9.97 Å². The lowest BCUT2D eigenvalue weighted by Gasteiger charge is -2.23. The van der Waals surface area contributed by atoms with Gasteiger partial charge in [-0.3, -0.25) is 0 Å². The molecule has 0 aliphatic carbocycles. The van der Waals surface area contributed by atoms with E-state index in [4.69, 9.17) is 5.73 Å². The van der Waals surface area contributed by atoms with Gasteiger partial charge >= 0.3 is 0 Å². The maximum absolute atomic E-state index is 6.01. The van der Waals surface area contributed by atoms with E-state index in [1.807, 2.05) is 0 Å². The number of imidazole rings is 1. The molecule has 3 rings (SSSR count). The lowest BCUT2D eigenvalue weighted by molar-refractivity contribution is -0.918. The monoisotopic (exact) mass is 231 g/mol. The van der Waals surface area contributed by atoms with Crippen LogP contribution in [0.4, 0.5) is 5.69 Å². The fourth-order valence-corrected chi connectivity index (χ4v) is 2.76. The Bertz CT molecular complexity index is 511. The quantitative estimate of drug-likeness (QED) is 0.667. The second-order valence-corrected chi connectivity index (χ2v) is 4.97. The van der Waals surface area contributed by atoms with Gasteiger partial charge in [0.25, 0.3) is 0 Å². The molecule has 1 aromatic carbocycles. The molecule has 0 saturated carbocycles. The molecule has 2 aromatic rings. The van der Waals surface area contributed by atoms with Crippen LogP contribution in [0.1, 0.15) is 24.8 Å². The van der Waals surface area contributed by atoms with Crippen LogP contribution in [-0.4, -0.2) is 23.1 Å². The molecule has 0 spiro atoms. The van der Waals surface area contributed by atoms with Crippen LogP contribution < -0.4 is 10.6 Å². The molecular weight excluding hydrogens is 212 g/mol. The van der Waals surface area contributed by atoms with Crippen LogP contribution in [0.5, 0.6) is 0 Å². The molecule has 1 aliphatic heterocycles. The van der Waals surface area contributed by atoms with Crippen molar-refractivity contribution in [2.75, 3.05) is 18.8 Å². The summed E-state index contributed by atoms with van der Waals surface area (Å²) in [6.07, 6.45) is 5.82. The van der Waals surface area contributed by atoms with Crippen LogP contribution >= 0.6 is 0 Å². The average Bonchev–Trinajstić information content (AvgIpc) is 2.79. The number of nitrogens with two attached hydrogens (primary N) is 1. The largest absolute Gasteiger partial charge is 0.397 e. The Morgan fingerprint density at radius 1 is 1.24 bits per heavy atom. The summed E-state index contributed by atoms with van der Waals surface area (Å²) in [5.74, 6) is 0. The van der Waals surface area contributed by atoms with Crippen molar-refractivity contribution in [3.63, 3.8) is 0 Å². The van der Waals surface area contributed by atoms with E-state index in [-0.39, 0.29) is 0 Å². The van der Waals surface area contributed by atoms with E-state index in [9.17, 15) is 0 Å². The molecule has 2 heterocycles. The Morgan fingerprint density at radius 2 is 2.06 bits per heavy atom. The van der Waals surface area contributed by atoms with Crippen molar-refractivity contribution >= 4 is 16.7 Å². The minimum Gasteiger partial charge on any atom is -0.397 e. The first kappa shape index (κ1) is 10.6. The number of aromatic nitrogens is 2. The number of quaternary nitrogens is 1. The van der Waals surface area contributed by atoms with E-state index in [0.717, 1.165) is 23.3 Å². The van der Waals surface area contributed by atoms with Crippen LogP contribution in [0.15, 0.2) is 18.5 Å². The zero-order valence-electron chi connectivity index (χ0n) is 10.00. The van der Waals surface area contributed by atoms with Gasteiger partial charge in [-0.1, -0.05) is 0 Å². The van der Waals surface area contributed by atoms with Gasteiger partial charge in [-0.2, -0.15) is 0 Å². The number of nitrogens with one attached hydrogen (secondary N) is 2. The molecule has 0 unspecified atom stereocenters. The van der Waals surface area contributed by atoms with Gasteiger partial charge in [-0.15, -0.1) is 0 Å². The van der Waals surface area contributed by atoms with E-state index in [2.05, 4.69) is 22.1 Å². The molecule has 17 heavy (non-hydrogen) atoms. The summed E-state index contributed by atoms with van der Waals surface area (Å²) in [4.78, 5) is 9.03. The van der Waals surface area contributed by atoms with E-state index in [1.54, 1.807) is 11.2 Å². The fraction of sp³-hybridized carbons (Fsp3) is 0.462. The number of aromatic amines is 1. The molecule has 0 radical (unpaired) electrons. The van der Waals surface area contributed by atoms with Gasteiger partial charge in [0.05, 0.1) is 30.6 Å². The summed E-state index contributed by atoms with van der Waals surface area (Å²) in [7, 11) is 0. The van der Waals surface area contributed by atoms with Gasteiger partial charge in [0.15, 0.2) is 0 Å². The molecule has 1 saturated heterocycles. The van der Waals surface area contributed by atoms with E-state index in [0.29, 0.717) is 0 Å². The Labute approximate surface area is 101 Å². The predicted molar refractivity (Wildman–Crippen MR) is 68.8 cm³/mol. The third-order valence-electron chi connectivity index (χ3n) is 3.63. The maximum atomic E-state index is 6.01. The number of anilines is 1. The van der Waals surface area contributed by atoms with Gasteiger partial charge in [0.2, 0.25) is 0 Å². The molecular formula is C13H19N4+. The molecule has 4 heteroatoms. The standard InChI is InChI=1S/C13H18N4/c14-11-6-10(7-12-13(11)16-9-15-12)8-17-4-2-1-3-5-17/h6-7,9H,1-5,8,14H2,(H,15,16)/p+1. The van der Waals surface area contributed by atoms with Crippen LogP contribution in [0.25, 0.3) is 11.0 Å². The average molecular weight is 231 g/mol. The van der Waals surface area contributed by atoms with Crippen molar-refractivity contribution in [2.45, 2.75) is 25.8 Å². The van der Waals surface area contributed by atoms with Crippen molar-refractivity contribution in [2.24, 2.45) is 0 Å². The summed E-state index contributed by atoms with van der Waals surface area (Å²) >= 11 is 0. The van der Waals surface area contributed by atoms with E-state index in [1.165, 1.54) is 37.9 Å². The minimum atomic E-state index is 0.787. The topological polar surface area (TPSA) is 59.1 Å². The zero-order valence-corrected chi connectivity index (χ0v) is 10.00. The number of benzene rings is 1. The number of piperidine rings is 1. The van der Waals surface area contributed by atoms with Crippen LogP contribution in [0.3, 0.4) is 0 Å². The van der Waals surface area contributed by atoms with Gasteiger partial charge in [0, 0.05) is 5.56 Å². The van der Waals surface area contributed by atoms with Crippen molar-refractivity contribution in [3.05, 3.63) is 24.0 Å². The Balaban J connectivity index is 1.84. The summed E-state index contributed by atoms with van der Waals surface area (Å²) in [5.41, 5.74) is 10.1. The Morgan fingerprint density at radius 3 is 2.88 bits per heavy atom. The molecule has 90 valence electrons. The summed E-state index contributed by atoms with van der Waals surface area (Å²) in [6.45, 7) is 3.67. The highest BCUT2D eigenvalue weighted by molar-refractivity contribution is 5.87. The highest BCUT2D eigenvalue weighted by Crippen LogP contribution is 2.19. The summed E-state index contributed by atoms with van der Waals surface area (Å²) < 4.78 is 0. The lowest BCUT2D eigenvalue weighted by Crippen LogP contribution is -3.11. The number of hydrogen-bond acceptors (Lipinski definition) is 2. The van der Waals surface area contributed by atoms with Crippen molar-refractivity contribution < 1.29 is 4.90 Å². The number of nitrogen functional groups attached to an aromatic ring is 1. The van der Waals surface area contributed by atoms with Gasteiger partial charge in [-0.25, -0.2) is 4.98 Å². The summed E-state index contributed by atoms with van der Waals surface area (Å²) in [5, 5.41) is 0. The van der Waals surface area contributed by atoms with Gasteiger partial charge in [0.1, 0.15) is 12.1 Å².